The van der Waals surface area contributed by atoms with E-state index >= 15 is 0 Å². The number of fused-ring (bicyclic) bond motifs is 2. The molecule has 174 valence electrons. The second-order valence-electron chi connectivity index (χ2n) is 8.44. The van der Waals surface area contributed by atoms with Crippen molar-refractivity contribution in [1.82, 2.24) is 24.3 Å². The maximum absolute atomic E-state index is 13.6. The Bertz CT molecular complexity index is 1480. The predicted octanol–water partition coefficient (Wildman–Crippen LogP) is 2.15. The van der Waals surface area contributed by atoms with E-state index in [0.29, 0.717) is 36.4 Å². The number of pyridine rings is 1. The number of anilines is 1. The Morgan fingerprint density at radius 1 is 1.29 bits per heavy atom. The molecular formula is C25H27N7O2. The Labute approximate surface area is 197 Å². The quantitative estimate of drug-likeness (QED) is 0.458. The molecule has 1 fully saturated rings. The highest BCUT2D eigenvalue weighted by atomic mass is 16.5. The first kappa shape index (κ1) is 21.9. The van der Waals surface area contributed by atoms with Crippen molar-refractivity contribution in [3.8, 4) is 17.6 Å². The Morgan fingerprint density at radius 3 is 2.97 bits per heavy atom. The zero-order valence-corrected chi connectivity index (χ0v) is 19.4. The maximum atomic E-state index is 13.6. The summed E-state index contributed by atoms with van der Waals surface area (Å²) in [4.78, 5) is 25.0. The van der Waals surface area contributed by atoms with Gasteiger partial charge in [-0.25, -0.2) is 9.67 Å². The van der Waals surface area contributed by atoms with E-state index in [1.54, 1.807) is 26.4 Å². The molecule has 1 unspecified atom stereocenters. The number of rotatable bonds is 5. The molecule has 5 rings (SSSR count). The van der Waals surface area contributed by atoms with Gasteiger partial charge in [0.15, 0.2) is 0 Å². The highest BCUT2D eigenvalue weighted by molar-refractivity contribution is 5.87. The normalized spacial score (nSPS) is 16.0. The number of imidazole rings is 1. The van der Waals surface area contributed by atoms with Crippen LogP contribution in [0.15, 0.2) is 41.5 Å². The van der Waals surface area contributed by atoms with E-state index in [2.05, 4.69) is 26.8 Å². The van der Waals surface area contributed by atoms with E-state index in [1.165, 1.54) is 4.68 Å². The summed E-state index contributed by atoms with van der Waals surface area (Å²) in [5, 5.41) is 5.36. The number of hydrogen-bond acceptors (Lipinski definition) is 7. The van der Waals surface area contributed by atoms with Crippen molar-refractivity contribution in [3.63, 3.8) is 0 Å². The zero-order chi connectivity index (χ0) is 23.7. The van der Waals surface area contributed by atoms with Gasteiger partial charge in [0, 0.05) is 30.7 Å². The van der Waals surface area contributed by atoms with Gasteiger partial charge in [0.1, 0.15) is 22.3 Å². The lowest BCUT2D eigenvalue weighted by Crippen LogP contribution is -2.44. The third-order valence-corrected chi connectivity index (χ3v) is 6.25. The number of piperidine rings is 1. The minimum absolute atomic E-state index is 0.0889. The summed E-state index contributed by atoms with van der Waals surface area (Å²) in [6.07, 6.45) is 5.37. The molecule has 1 aromatic carbocycles. The Morgan fingerprint density at radius 2 is 2.18 bits per heavy atom. The number of nitrogens with zero attached hydrogens (tertiary/aromatic N) is 6. The fraction of sp³-hybridized carbons (Fsp3) is 0.360. The molecule has 9 heteroatoms. The molecule has 0 amide bonds. The molecule has 34 heavy (non-hydrogen) atoms. The van der Waals surface area contributed by atoms with E-state index in [0.717, 1.165) is 41.8 Å². The first-order valence-electron chi connectivity index (χ1n) is 11.4. The molecule has 4 aromatic rings. The van der Waals surface area contributed by atoms with Gasteiger partial charge in [0.25, 0.3) is 5.56 Å². The SMILES string of the molecule is CC#CCn1c(N2CCCC(N)C2)nc2cnn(Cc3ccc(OC)c4ncccc34)c(=O)c21. The molecule has 0 aliphatic carbocycles. The van der Waals surface area contributed by atoms with Gasteiger partial charge in [-0.15, -0.1) is 5.92 Å². The lowest BCUT2D eigenvalue weighted by Gasteiger charge is -2.31. The van der Waals surface area contributed by atoms with Gasteiger partial charge < -0.3 is 15.4 Å². The lowest BCUT2D eigenvalue weighted by molar-refractivity contribution is 0.418. The van der Waals surface area contributed by atoms with Crippen LogP contribution in [0.4, 0.5) is 5.95 Å². The van der Waals surface area contributed by atoms with Gasteiger partial charge in [-0.2, -0.15) is 5.10 Å². The average molecular weight is 458 g/mol. The first-order valence-corrected chi connectivity index (χ1v) is 11.4. The molecule has 0 saturated carbocycles. The van der Waals surface area contributed by atoms with Crippen LogP contribution in [-0.4, -0.2) is 50.6 Å². The van der Waals surface area contributed by atoms with E-state index < -0.39 is 0 Å². The summed E-state index contributed by atoms with van der Waals surface area (Å²) >= 11 is 0. The molecule has 3 aromatic heterocycles. The molecule has 2 N–H and O–H groups in total. The molecule has 0 spiro atoms. The largest absolute Gasteiger partial charge is 0.494 e. The van der Waals surface area contributed by atoms with Crippen LogP contribution in [0.5, 0.6) is 5.75 Å². The number of aromatic nitrogens is 5. The van der Waals surface area contributed by atoms with Crippen molar-refractivity contribution < 1.29 is 4.74 Å². The molecule has 4 heterocycles. The highest BCUT2D eigenvalue weighted by Gasteiger charge is 2.24. The van der Waals surface area contributed by atoms with Crippen LogP contribution in [0.2, 0.25) is 0 Å². The third-order valence-electron chi connectivity index (χ3n) is 6.25. The van der Waals surface area contributed by atoms with Crippen LogP contribution in [0.1, 0.15) is 25.3 Å². The number of ether oxygens (including phenoxy) is 1. The monoisotopic (exact) mass is 457 g/mol. The summed E-state index contributed by atoms with van der Waals surface area (Å²) < 4.78 is 8.82. The Balaban J connectivity index is 1.61. The zero-order valence-electron chi connectivity index (χ0n) is 19.4. The summed E-state index contributed by atoms with van der Waals surface area (Å²) in [5.74, 6) is 7.44. The Hall–Kier alpha value is -3.90. The van der Waals surface area contributed by atoms with Gasteiger partial charge in [-0.3, -0.25) is 14.3 Å². The smallest absolute Gasteiger partial charge is 0.293 e. The van der Waals surface area contributed by atoms with Crippen LogP contribution in [-0.2, 0) is 13.1 Å². The maximum Gasteiger partial charge on any atom is 0.293 e. The fourth-order valence-corrected chi connectivity index (χ4v) is 4.60. The van der Waals surface area contributed by atoms with Crippen LogP contribution in [0.25, 0.3) is 21.9 Å². The second kappa shape index (κ2) is 9.15. The van der Waals surface area contributed by atoms with Crippen molar-refractivity contribution in [2.24, 2.45) is 5.73 Å². The molecule has 1 atom stereocenters. The molecule has 1 saturated heterocycles. The topological polar surface area (TPSA) is 104 Å². The summed E-state index contributed by atoms with van der Waals surface area (Å²) in [6.45, 7) is 4.02. The van der Waals surface area contributed by atoms with Crippen LogP contribution < -0.4 is 20.9 Å². The Kier molecular flexibility index (Phi) is 5.90. The first-order chi connectivity index (χ1) is 16.6. The highest BCUT2D eigenvalue weighted by Crippen LogP contribution is 2.27. The van der Waals surface area contributed by atoms with Crippen molar-refractivity contribution in [2.45, 2.75) is 38.9 Å². The average Bonchev–Trinajstić information content (AvgIpc) is 3.24. The summed E-state index contributed by atoms with van der Waals surface area (Å²) in [6, 6.07) is 7.75. The minimum atomic E-state index is -0.205. The van der Waals surface area contributed by atoms with E-state index in [4.69, 9.17) is 15.5 Å². The van der Waals surface area contributed by atoms with Gasteiger partial charge in [-0.05, 0) is 37.5 Å². The van der Waals surface area contributed by atoms with Gasteiger partial charge in [0.2, 0.25) is 5.95 Å². The van der Waals surface area contributed by atoms with Gasteiger partial charge >= 0.3 is 0 Å². The molecular weight excluding hydrogens is 430 g/mol. The van der Waals surface area contributed by atoms with E-state index in [1.807, 2.05) is 28.8 Å². The van der Waals surface area contributed by atoms with Crippen molar-refractivity contribution in [3.05, 3.63) is 52.6 Å². The standard InChI is InChI=1S/C25H27N7O2/c1-3-4-13-31-23-20(29-25(31)30-12-6-7-18(26)16-30)14-28-32(24(23)33)15-17-9-10-21(34-2)22-19(17)8-5-11-27-22/h5,8-11,14,18H,6-7,12-13,15-16,26H2,1-2H3. The molecule has 9 nitrogen and oxygen atoms in total. The number of benzene rings is 1. The molecule has 0 radical (unpaired) electrons. The van der Waals surface area contributed by atoms with Crippen molar-refractivity contribution >= 4 is 27.9 Å². The predicted molar refractivity (Wildman–Crippen MR) is 132 cm³/mol. The van der Waals surface area contributed by atoms with E-state index in [9.17, 15) is 4.79 Å². The van der Waals surface area contributed by atoms with E-state index in [-0.39, 0.29) is 11.6 Å². The minimum Gasteiger partial charge on any atom is -0.494 e. The van der Waals surface area contributed by atoms with Crippen LogP contribution in [0, 0.1) is 11.8 Å². The third kappa shape index (κ3) is 3.86. The number of nitrogens with two attached hydrogens (primary N) is 1. The second-order valence-corrected chi connectivity index (χ2v) is 8.44. The molecule has 1 aliphatic heterocycles. The number of methoxy groups -OCH3 is 1. The molecule has 0 bridgehead atoms. The fourth-order valence-electron chi connectivity index (χ4n) is 4.60. The molecule has 1 aliphatic rings. The number of hydrogen-bond donors (Lipinski definition) is 1. The summed E-state index contributed by atoms with van der Waals surface area (Å²) in [5.41, 5.74) is 8.76. The van der Waals surface area contributed by atoms with Gasteiger partial charge in [0.05, 0.1) is 26.4 Å². The van der Waals surface area contributed by atoms with Crippen LogP contribution >= 0.6 is 0 Å². The van der Waals surface area contributed by atoms with Gasteiger partial charge in [-0.1, -0.05) is 18.1 Å². The summed E-state index contributed by atoms with van der Waals surface area (Å²) in [7, 11) is 1.62. The van der Waals surface area contributed by atoms with Crippen molar-refractivity contribution in [2.75, 3.05) is 25.1 Å². The lowest BCUT2D eigenvalue weighted by atomic mass is 10.1. The van der Waals surface area contributed by atoms with Crippen molar-refractivity contribution in [1.29, 1.82) is 0 Å². The van der Waals surface area contributed by atoms with Crippen LogP contribution in [0.3, 0.4) is 0 Å².